The van der Waals surface area contributed by atoms with Gasteiger partial charge in [-0.25, -0.2) is 4.79 Å². The lowest BCUT2D eigenvalue weighted by atomic mass is 9.82. The second kappa shape index (κ2) is 5.63. The molecule has 0 fully saturated rings. The molecular weight excluding hydrogens is 196 g/mol. The lowest BCUT2D eigenvalue weighted by Crippen LogP contribution is -2.33. The molecule has 0 aromatic rings. The molecule has 4 nitrogen and oxygen atoms in total. The molecule has 0 rings (SSSR count). The summed E-state index contributed by atoms with van der Waals surface area (Å²) in [6.45, 7) is 8.56. The molecule has 86 valence electrons. The normalized spacial score (nSPS) is 10.9. The summed E-state index contributed by atoms with van der Waals surface area (Å²) in [5.74, 6) is -2.70. The van der Waals surface area contributed by atoms with E-state index < -0.39 is 23.6 Å². The Morgan fingerprint density at radius 1 is 0.933 bits per heavy atom. The molecular formula is C11H18O4. The van der Waals surface area contributed by atoms with Crippen LogP contribution in [0.1, 0.15) is 34.6 Å². The molecule has 0 N–H and O–H groups in total. The van der Waals surface area contributed by atoms with Gasteiger partial charge in [-0.1, -0.05) is 27.7 Å². The van der Waals surface area contributed by atoms with Crippen molar-refractivity contribution in [2.75, 3.05) is 0 Å². The maximum absolute atomic E-state index is 11.6. The molecule has 0 unspecified atom stereocenters. The van der Waals surface area contributed by atoms with E-state index in [1.54, 1.807) is 0 Å². The highest BCUT2D eigenvalue weighted by Crippen LogP contribution is 2.21. The first-order chi connectivity index (χ1) is 6.77. The Kier molecular flexibility index (Phi) is 5.19. The Labute approximate surface area is 90.0 Å². The maximum atomic E-state index is 11.6. The summed E-state index contributed by atoms with van der Waals surface area (Å²) in [7, 11) is 0. The molecule has 0 aromatic carbocycles. The standard InChI is InChI=1S/C11H18O4/c1-6(2)9(7(3)4)10(13)11(14)15-8(5)12/h6-7,9H,1-5H3. The van der Waals surface area contributed by atoms with Crippen LogP contribution in [0.3, 0.4) is 0 Å². The van der Waals surface area contributed by atoms with E-state index in [9.17, 15) is 14.4 Å². The van der Waals surface area contributed by atoms with Gasteiger partial charge in [-0.15, -0.1) is 0 Å². The van der Waals surface area contributed by atoms with Crippen LogP contribution in [0.4, 0.5) is 0 Å². The number of hydrogen-bond donors (Lipinski definition) is 0. The Hall–Kier alpha value is -1.19. The molecule has 0 amide bonds. The zero-order valence-corrected chi connectivity index (χ0v) is 9.87. The van der Waals surface area contributed by atoms with Crippen molar-refractivity contribution >= 4 is 17.7 Å². The molecule has 0 heterocycles. The third-order valence-electron chi connectivity index (χ3n) is 2.18. The summed E-state index contributed by atoms with van der Waals surface area (Å²) in [6.07, 6.45) is 0. The summed E-state index contributed by atoms with van der Waals surface area (Å²) >= 11 is 0. The Morgan fingerprint density at radius 3 is 1.60 bits per heavy atom. The fourth-order valence-corrected chi connectivity index (χ4v) is 1.69. The topological polar surface area (TPSA) is 60.4 Å². The van der Waals surface area contributed by atoms with E-state index in [1.807, 2.05) is 27.7 Å². The van der Waals surface area contributed by atoms with E-state index in [1.165, 1.54) is 0 Å². The Balaban J connectivity index is 4.65. The van der Waals surface area contributed by atoms with Crippen LogP contribution in [0.25, 0.3) is 0 Å². The van der Waals surface area contributed by atoms with Crippen LogP contribution >= 0.6 is 0 Å². The molecule has 0 saturated carbocycles. The first-order valence-corrected chi connectivity index (χ1v) is 5.04. The molecule has 0 atom stereocenters. The van der Waals surface area contributed by atoms with Crippen molar-refractivity contribution in [2.24, 2.45) is 17.8 Å². The van der Waals surface area contributed by atoms with E-state index in [4.69, 9.17) is 0 Å². The van der Waals surface area contributed by atoms with Crippen LogP contribution < -0.4 is 0 Å². The van der Waals surface area contributed by atoms with Crippen molar-refractivity contribution in [2.45, 2.75) is 34.6 Å². The Morgan fingerprint density at radius 2 is 1.33 bits per heavy atom. The molecule has 15 heavy (non-hydrogen) atoms. The van der Waals surface area contributed by atoms with E-state index in [2.05, 4.69) is 4.74 Å². The van der Waals surface area contributed by atoms with E-state index in [-0.39, 0.29) is 11.8 Å². The van der Waals surface area contributed by atoms with Gasteiger partial charge in [0.2, 0.25) is 5.78 Å². The lowest BCUT2D eigenvalue weighted by molar-refractivity contribution is -0.165. The van der Waals surface area contributed by atoms with Crippen molar-refractivity contribution in [1.29, 1.82) is 0 Å². The SMILES string of the molecule is CC(=O)OC(=O)C(=O)C(C(C)C)C(C)C. The maximum Gasteiger partial charge on any atom is 0.382 e. The summed E-state index contributed by atoms with van der Waals surface area (Å²) in [6, 6.07) is 0. The van der Waals surface area contributed by atoms with Crippen molar-refractivity contribution in [1.82, 2.24) is 0 Å². The van der Waals surface area contributed by atoms with E-state index in [0.717, 1.165) is 6.92 Å². The number of carbonyl (C=O) groups is 3. The minimum atomic E-state index is -1.05. The average molecular weight is 214 g/mol. The van der Waals surface area contributed by atoms with Gasteiger partial charge in [0, 0.05) is 12.8 Å². The van der Waals surface area contributed by atoms with Gasteiger partial charge in [-0.05, 0) is 11.8 Å². The molecule has 0 aliphatic rings. The van der Waals surface area contributed by atoms with Crippen LogP contribution in [0.15, 0.2) is 0 Å². The summed E-state index contributed by atoms with van der Waals surface area (Å²) in [5.41, 5.74) is 0. The molecule has 4 heteroatoms. The van der Waals surface area contributed by atoms with Gasteiger partial charge in [-0.3, -0.25) is 9.59 Å². The quantitative estimate of drug-likeness (QED) is 0.405. The minimum absolute atomic E-state index is 0.0528. The predicted octanol–water partition coefficient (Wildman–Crippen LogP) is 1.57. The highest BCUT2D eigenvalue weighted by molar-refractivity contribution is 6.36. The van der Waals surface area contributed by atoms with E-state index >= 15 is 0 Å². The summed E-state index contributed by atoms with van der Waals surface area (Å²) in [4.78, 5) is 33.4. The number of esters is 2. The first-order valence-electron chi connectivity index (χ1n) is 5.04. The van der Waals surface area contributed by atoms with Crippen LogP contribution in [0.2, 0.25) is 0 Å². The number of hydrogen-bond acceptors (Lipinski definition) is 4. The second-order valence-corrected chi connectivity index (χ2v) is 4.26. The molecule has 0 bridgehead atoms. The first kappa shape index (κ1) is 13.8. The molecule has 0 aliphatic carbocycles. The largest absolute Gasteiger partial charge is 0.387 e. The third-order valence-corrected chi connectivity index (χ3v) is 2.18. The van der Waals surface area contributed by atoms with Gasteiger partial charge in [0.25, 0.3) is 0 Å². The highest BCUT2D eigenvalue weighted by Gasteiger charge is 2.32. The van der Waals surface area contributed by atoms with Crippen molar-refractivity contribution in [3.8, 4) is 0 Å². The van der Waals surface area contributed by atoms with Crippen LogP contribution in [0.5, 0.6) is 0 Å². The number of ether oxygens (including phenoxy) is 1. The van der Waals surface area contributed by atoms with Gasteiger partial charge >= 0.3 is 11.9 Å². The molecule has 0 aromatic heterocycles. The van der Waals surface area contributed by atoms with Gasteiger partial charge < -0.3 is 4.74 Å². The molecule has 0 spiro atoms. The average Bonchev–Trinajstić information content (AvgIpc) is 2.00. The number of Topliss-reactive ketones (excluding diaryl/α,β-unsaturated/α-hetero) is 1. The van der Waals surface area contributed by atoms with Gasteiger partial charge in [0.15, 0.2) is 0 Å². The fraction of sp³-hybridized carbons (Fsp3) is 0.727. The van der Waals surface area contributed by atoms with Gasteiger partial charge in [0.1, 0.15) is 0 Å². The van der Waals surface area contributed by atoms with Gasteiger partial charge in [0.05, 0.1) is 0 Å². The number of rotatable bonds is 4. The molecule has 0 saturated heterocycles. The van der Waals surface area contributed by atoms with Crippen molar-refractivity contribution in [3.63, 3.8) is 0 Å². The minimum Gasteiger partial charge on any atom is -0.387 e. The van der Waals surface area contributed by atoms with Crippen molar-refractivity contribution in [3.05, 3.63) is 0 Å². The lowest BCUT2D eigenvalue weighted by Gasteiger charge is -2.21. The monoisotopic (exact) mass is 214 g/mol. The van der Waals surface area contributed by atoms with Crippen molar-refractivity contribution < 1.29 is 19.1 Å². The zero-order chi connectivity index (χ0) is 12.2. The van der Waals surface area contributed by atoms with Crippen LogP contribution in [0, 0.1) is 17.8 Å². The number of carbonyl (C=O) groups excluding carboxylic acids is 3. The second-order valence-electron chi connectivity index (χ2n) is 4.26. The zero-order valence-electron chi connectivity index (χ0n) is 9.87. The summed E-state index contributed by atoms with van der Waals surface area (Å²) in [5, 5.41) is 0. The van der Waals surface area contributed by atoms with Crippen LogP contribution in [-0.4, -0.2) is 17.7 Å². The smallest absolute Gasteiger partial charge is 0.382 e. The highest BCUT2D eigenvalue weighted by atomic mass is 16.6. The van der Waals surface area contributed by atoms with Crippen LogP contribution in [-0.2, 0) is 19.1 Å². The molecule has 0 radical (unpaired) electrons. The summed E-state index contributed by atoms with van der Waals surface area (Å²) < 4.78 is 4.27. The molecule has 0 aliphatic heterocycles. The predicted molar refractivity (Wildman–Crippen MR) is 54.9 cm³/mol. The fourth-order valence-electron chi connectivity index (χ4n) is 1.69. The van der Waals surface area contributed by atoms with E-state index in [0.29, 0.717) is 0 Å². The Bertz CT molecular complexity index is 258. The number of ketones is 1. The van der Waals surface area contributed by atoms with Gasteiger partial charge in [-0.2, -0.15) is 0 Å². The third kappa shape index (κ3) is 4.23.